The summed E-state index contributed by atoms with van der Waals surface area (Å²) in [7, 11) is 0. The highest BCUT2D eigenvalue weighted by molar-refractivity contribution is 5.93. The topological polar surface area (TPSA) is 75.3 Å². The molecule has 1 aromatic heterocycles. The van der Waals surface area contributed by atoms with Crippen molar-refractivity contribution in [3.05, 3.63) is 24.3 Å². The lowest BCUT2D eigenvalue weighted by Gasteiger charge is -2.34. The van der Waals surface area contributed by atoms with Gasteiger partial charge in [0.05, 0.1) is 5.56 Å². The van der Waals surface area contributed by atoms with Crippen LogP contribution in [0.25, 0.3) is 0 Å². The minimum atomic E-state index is 0.0120. The van der Waals surface area contributed by atoms with Crippen LogP contribution < -0.4 is 5.73 Å². The predicted octanol–water partition coefficient (Wildman–Crippen LogP) is -0.807. The van der Waals surface area contributed by atoms with E-state index in [1.165, 1.54) is 6.33 Å². The van der Waals surface area contributed by atoms with Gasteiger partial charge in [0, 0.05) is 51.7 Å². The molecule has 0 aliphatic carbocycles. The molecule has 0 spiro atoms. The van der Waals surface area contributed by atoms with E-state index in [4.69, 9.17) is 5.73 Å². The van der Waals surface area contributed by atoms with Gasteiger partial charge in [-0.25, -0.2) is 9.97 Å². The minimum Gasteiger partial charge on any atom is -0.336 e. The van der Waals surface area contributed by atoms with Crippen LogP contribution in [-0.4, -0.2) is 64.9 Å². The summed E-state index contributed by atoms with van der Waals surface area (Å²) in [5.41, 5.74) is 6.06. The van der Waals surface area contributed by atoms with E-state index in [0.29, 0.717) is 12.1 Å². The molecule has 1 fully saturated rings. The molecule has 6 heteroatoms. The number of amides is 1. The monoisotopic (exact) mass is 235 g/mol. The van der Waals surface area contributed by atoms with Gasteiger partial charge in [-0.15, -0.1) is 0 Å². The van der Waals surface area contributed by atoms with Crippen LogP contribution in [0.3, 0.4) is 0 Å². The highest BCUT2D eigenvalue weighted by atomic mass is 16.2. The van der Waals surface area contributed by atoms with Crippen LogP contribution in [0.2, 0.25) is 0 Å². The molecule has 92 valence electrons. The fourth-order valence-electron chi connectivity index (χ4n) is 1.95. The summed E-state index contributed by atoms with van der Waals surface area (Å²) >= 11 is 0. The van der Waals surface area contributed by atoms with E-state index in [0.717, 1.165) is 32.7 Å². The number of carbonyl (C=O) groups excluding carboxylic acids is 1. The molecule has 2 rings (SSSR count). The van der Waals surface area contributed by atoms with Crippen molar-refractivity contribution in [1.82, 2.24) is 19.8 Å². The first-order chi connectivity index (χ1) is 8.31. The quantitative estimate of drug-likeness (QED) is 0.742. The van der Waals surface area contributed by atoms with Gasteiger partial charge in [0.2, 0.25) is 0 Å². The van der Waals surface area contributed by atoms with Crippen molar-refractivity contribution in [2.75, 3.05) is 39.3 Å². The summed E-state index contributed by atoms with van der Waals surface area (Å²) in [5.74, 6) is 0.0120. The summed E-state index contributed by atoms with van der Waals surface area (Å²) in [6.45, 7) is 4.83. The van der Waals surface area contributed by atoms with E-state index in [1.807, 2.05) is 4.90 Å². The van der Waals surface area contributed by atoms with Crippen LogP contribution in [0.1, 0.15) is 10.4 Å². The lowest BCUT2D eigenvalue weighted by atomic mass is 10.2. The second kappa shape index (κ2) is 5.70. The van der Waals surface area contributed by atoms with Crippen molar-refractivity contribution in [2.24, 2.45) is 5.73 Å². The molecule has 0 radical (unpaired) electrons. The summed E-state index contributed by atoms with van der Waals surface area (Å²) in [6.07, 6.45) is 4.54. The van der Waals surface area contributed by atoms with Crippen molar-refractivity contribution in [3.8, 4) is 0 Å². The third-order valence-electron chi connectivity index (χ3n) is 2.91. The molecule has 0 atom stereocenters. The van der Waals surface area contributed by atoms with Crippen LogP contribution in [0.4, 0.5) is 0 Å². The Morgan fingerprint density at radius 2 is 1.88 bits per heavy atom. The molecular formula is C11H17N5O. The molecule has 0 bridgehead atoms. The molecule has 1 aromatic rings. The smallest absolute Gasteiger partial charge is 0.257 e. The zero-order valence-corrected chi connectivity index (χ0v) is 9.75. The minimum absolute atomic E-state index is 0.0120. The number of carbonyl (C=O) groups is 1. The standard InChI is InChI=1S/C11H17N5O/c12-1-2-15-3-5-16(6-4-15)11(17)10-7-13-9-14-8-10/h7-9H,1-6,12H2. The Hall–Kier alpha value is -1.53. The van der Waals surface area contributed by atoms with Crippen LogP contribution in [0, 0.1) is 0 Å². The van der Waals surface area contributed by atoms with E-state index in [2.05, 4.69) is 14.9 Å². The molecule has 2 N–H and O–H groups in total. The van der Waals surface area contributed by atoms with Crippen LogP contribution >= 0.6 is 0 Å². The first kappa shape index (κ1) is 11.9. The maximum atomic E-state index is 12.1. The summed E-state index contributed by atoms with van der Waals surface area (Å²) in [4.78, 5) is 23.9. The average molecular weight is 235 g/mol. The molecule has 1 aliphatic rings. The molecular weight excluding hydrogens is 218 g/mol. The summed E-state index contributed by atoms with van der Waals surface area (Å²) in [6, 6.07) is 0. The van der Waals surface area contributed by atoms with Crippen LogP contribution in [0.15, 0.2) is 18.7 Å². The van der Waals surface area contributed by atoms with E-state index >= 15 is 0 Å². The zero-order valence-electron chi connectivity index (χ0n) is 9.75. The Bertz CT molecular complexity index is 361. The Morgan fingerprint density at radius 1 is 1.24 bits per heavy atom. The second-order valence-electron chi connectivity index (χ2n) is 4.05. The molecule has 17 heavy (non-hydrogen) atoms. The van der Waals surface area contributed by atoms with Gasteiger partial charge < -0.3 is 10.6 Å². The third kappa shape index (κ3) is 2.98. The fraction of sp³-hybridized carbons (Fsp3) is 0.545. The largest absolute Gasteiger partial charge is 0.336 e. The number of aromatic nitrogens is 2. The molecule has 0 unspecified atom stereocenters. The van der Waals surface area contributed by atoms with Crippen molar-refractivity contribution >= 4 is 5.91 Å². The lowest BCUT2D eigenvalue weighted by Crippen LogP contribution is -2.49. The molecule has 1 saturated heterocycles. The van der Waals surface area contributed by atoms with Crippen LogP contribution in [0.5, 0.6) is 0 Å². The van der Waals surface area contributed by atoms with Crippen LogP contribution in [-0.2, 0) is 0 Å². The fourth-order valence-corrected chi connectivity index (χ4v) is 1.95. The third-order valence-corrected chi connectivity index (χ3v) is 2.91. The number of hydrogen-bond donors (Lipinski definition) is 1. The maximum absolute atomic E-state index is 12.1. The normalized spacial score (nSPS) is 17.1. The average Bonchev–Trinajstić information content (AvgIpc) is 2.40. The number of rotatable bonds is 3. The predicted molar refractivity (Wildman–Crippen MR) is 63.4 cm³/mol. The van der Waals surface area contributed by atoms with Gasteiger partial charge in [-0.2, -0.15) is 0 Å². The first-order valence-corrected chi connectivity index (χ1v) is 5.78. The summed E-state index contributed by atoms with van der Waals surface area (Å²) < 4.78 is 0. The Labute approximate surface area is 100 Å². The van der Waals surface area contributed by atoms with Gasteiger partial charge in [0.1, 0.15) is 6.33 Å². The van der Waals surface area contributed by atoms with E-state index in [-0.39, 0.29) is 5.91 Å². The Morgan fingerprint density at radius 3 is 2.47 bits per heavy atom. The van der Waals surface area contributed by atoms with E-state index < -0.39 is 0 Å². The summed E-state index contributed by atoms with van der Waals surface area (Å²) in [5, 5.41) is 0. The van der Waals surface area contributed by atoms with Gasteiger partial charge in [0.25, 0.3) is 5.91 Å². The number of nitrogens with zero attached hydrogens (tertiary/aromatic N) is 4. The molecule has 1 aliphatic heterocycles. The van der Waals surface area contributed by atoms with Crippen molar-refractivity contribution < 1.29 is 4.79 Å². The Balaban J connectivity index is 1.91. The highest BCUT2D eigenvalue weighted by Gasteiger charge is 2.21. The van der Waals surface area contributed by atoms with Crippen molar-refractivity contribution in [3.63, 3.8) is 0 Å². The second-order valence-corrected chi connectivity index (χ2v) is 4.05. The molecule has 0 saturated carbocycles. The van der Waals surface area contributed by atoms with Gasteiger partial charge in [-0.3, -0.25) is 9.69 Å². The Kier molecular flexibility index (Phi) is 4.00. The molecule has 0 aromatic carbocycles. The highest BCUT2D eigenvalue weighted by Crippen LogP contribution is 2.06. The number of hydrogen-bond acceptors (Lipinski definition) is 5. The van der Waals surface area contributed by atoms with E-state index in [1.54, 1.807) is 12.4 Å². The zero-order chi connectivity index (χ0) is 12.1. The van der Waals surface area contributed by atoms with Crippen molar-refractivity contribution in [2.45, 2.75) is 0 Å². The first-order valence-electron chi connectivity index (χ1n) is 5.78. The molecule has 6 nitrogen and oxygen atoms in total. The van der Waals surface area contributed by atoms with Gasteiger partial charge >= 0.3 is 0 Å². The maximum Gasteiger partial charge on any atom is 0.257 e. The lowest BCUT2D eigenvalue weighted by molar-refractivity contribution is 0.0640. The molecule has 1 amide bonds. The van der Waals surface area contributed by atoms with Gasteiger partial charge in [-0.1, -0.05) is 0 Å². The van der Waals surface area contributed by atoms with Gasteiger partial charge in [-0.05, 0) is 0 Å². The van der Waals surface area contributed by atoms with E-state index in [9.17, 15) is 4.79 Å². The van der Waals surface area contributed by atoms with Crippen molar-refractivity contribution in [1.29, 1.82) is 0 Å². The SMILES string of the molecule is NCCN1CCN(C(=O)c2cncnc2)CC1. The molecule has 2 heterocycles. The number of piperazine rings is 1. The van der Waals surface area contributed by atoms with Gasteiger partial charge in [0.15, 0.2) is 0 Å². The number of nitrogens with two attached hydrogens (primary N) is 1.